The topological polar surface area (TPSA) is 72.5 Å². The fourth-order valence-corrected chi connectivity index (χ4v) is 4.87. The van der Waals surface area contributed by atoms with Crippen LogP contribution in [0.5, 0.6) is 0 Å². The van der Waals surface area contributed by atoms with Crippen molar-refractivity contribution in [1.29, 1.82) is 0 Å². The fourth-order valence-electron chi connectivity index (χ4n) is 4.87. The van der Waals surface area contributed by atoms with Crippen molar-refractivity contribution in [3.63, 3.8) is 0 Å². The molecule has 36 heavy (non-hydrogen) atoms. The summed E-state index contributed by atoms with van der Waals surface area (Å²) in [4.78, 5) is 39.9. The number of H-pyrrole nitrogens is 1. The number of nitrogens with zero attached hydrogens (tertiary/aromatic N) is 4. The first-order valence-electron chi connectivity index (χ1n) is 12.1. The summed E-state index contributed by atoms with van der Waals surface area (Å²) in [6.07, 6.45) is 5.54. The van der Waals surface area contributed by atoms with Crippen LogP contribution in [-0.4, -0.2) is 83.7 Å². The highest BCUT2D eigenvalue weighted by atomic mass is 19.2. The maximum Gasteiger partial charge on any atom is 0.226 e. The van der Waals surface area contributed by atoms with Crippen molar-refractivity contribution in [3.05, 3.63) is 71.2 Å². The molecule has 5 rings (SSSR count). The second-order valence-electron chi connectivity index (χ2n) is 9.88. The van der Waals surface area contributed by atoms with Crippen LogP contribution >= 0.6 is 0 Å². The average molecular weight is 494 g/mol. The second-order valence-corrected chi connectivity index (χ2v) is 9.88. The van der Waals surface area contributed by atoms with Gasteiger partial charge >= 0.3 is 0 Å². The van der Waals surface area contributed by atoms with Crippen LogP contribution in [0.4, 0.5) is 8.78 Å². The number of amides is 1. The molecule has 1 saturated carbocycles. The number of nitrogens with one attached hydrogen (secondary N) is 1. The Kier molecular flexibility index (Phi) is 6.34. The van der Waals surface area contributed by atoms with Crippen LogP contribution in [0.3, 0.4) is 0 Å². The van der Waals surface area contributed by atoms with E-state index in [9.17, 15) is 18.4 Å². The maximum absolute atomic E-state index is 14.6. The van der Waals surface area contributed by atoms with Crippen molar-refractivity contribution >= 4 is 28.3 Å². The highest BCUT2D eigenvalue weighted by molar-refractivity contribution is 6.32. The quantitative estimate of drug-likeness (QED) is 0.420. The molecule has 1 amide bonds. The van der Waals surface area contributed by atoms with E-state index in [-0.39, 0.29) is 28.9 Å². The molecule has 0 spiro atoms. The molecule has 1 saturated heterocycles. The zero-order chi connectivity index (χ0) is 25.6. The molecule has 1 aromatic carbocycles. The molecule has 1 N–H and O–H groups in total. The van der Waals surface area contributed by atoms with Gasteiger partial charge in [0.2, 0.25) is 5.91 Å². The number of benzene rings is 1. The summed E-state index contributed by atoms with van der Waals surface area (Å²) < 4.78 is 28.6. The number of halogens is 2. The number of rotatable bonds is 6. The standard InChI is InChI=1S/C27H29F2N5O2/c1-32(2)15-22(17-5-4-6-23(28)24(17)29)25(35)21-14-31-26-19(21)11-16(13-30-26)18-12-20(18)27(36)34-9-7-33(3)8-10-34/h4-6,11,13-15,18,20H,7-10,12H2,1-3H3,(H,30,31). The van der Waals surface area contributed by atoms with E-state index in [1.807, 2.05) is 11.0 Å². The van der Waals surface area contributed by atoms with Crippen LogP contribution in [0.15, 0.2) is 42.9 Å². The third-order valence-corrected chi connectivity index (χ3v) is 7.02. The predicted octanol–water partition coefficient (Wildman–Crippen LogP) is 3.50. The van der Waals surface area contributed by atoms with E-state index in [0.29, 0.717) is 16.6 Å². The first-order chi connectivity index (χ1) is 17.2. The van der Waals surface area contributed by atoms with Gasteiger partial charge in [-0.1, -0.05) is 12.1 Å². The van der Waals surface area contributed by atoms with Gasteiger partial charge in [0.05, 0.1) is 0 Å². The Morgan fingerprint density at radius 3 is 2.61 bits per heavy atom. The monoisotopic (exact) mass is 493 g/mol. The molecule has 1 aliphatic carbocycles. The third kappa shape index (κ3) is 4.51. The van der Waals surface area contributed by atoms with Gasteiger partial charge in [-0.05, 0) is 37.1 Å². The van der Waals surface area contributed by atoms with Gasteiger partial charge in [-0.25, -0.2) is 13.8 Å². The lowest BCUT2D eigenvalue weighted by Gasteiger charge is -2.32. The number of allylic oxidation sites excluding steroid dienone is 1. The zero-order valence-electron chi connectivity index (χ0n) is 20.6. The summed E-state index contributed by atoms with van der Waals surface area (Å²) in [7, 11) is 5.48. The normalized spacial score (nSPS) is 20.6. The van der Waals surface area contributed by atoms with Crippen molar-refractivity contribution in [1.82, 2.24) is 24.7 Å². The number of aromatic nitrogens is 2. The summed E-state index contributed by atoms with van der Waals surface area (Å²) in [5.41, 5.74) is 1.68. The van der Waals surface area contributed by atoms with E-state index in [1.165, 1.54) is 18.3 Å². The number of Topliss-reactive ketones (excluding diaryl/α,β-unsaturated/α-hetero) is 1. The molecule has 2 aliphatic rings. The van der Waals surface area contributed by atoms with Gasteiger partial charge in [0.1, 0.15) is 5.65 Å². The number of carbonyl (C=O) groups is 2. The van der Waals surface area contributed by atoms with Gasteiger partial charge in [-0.3, -0.25) is 9.59 Å². The molecule has 0 bridgehead atoms. The van der Waals surface area contributed by atoms with E-state index in [4.69, 9.17) is 0 Å². The second kappa shape index (κ2) is 9.46. The maximum atomic E-state index is 14.6. The number of hydrogen-bond acceptors (Lipinski definition) is 5. The fraction of sp³-hybridized carbons (Fsp3) is 0.370. The van der Waals surface area contributed by atoms with Gasteiger partial charge in [0, 0.05) is 86.9 Å². The van der Waals surface area contributed by atoms with E-state index in [1.54, 1.807) is 31.4 Å². The molecule has 2 fully saturated rings. The molecule has 7 nitrogen and oxygen atoms in total. The molecule has 188 valence electrons. The van der Waals surface area contributed by atoms with Crippen LogP contribution < -0.4 is 0 Å². The number of aromatic amines is 1. The van der Waals surface area contributed by atoms with E-state index < -0.39 is 17.4 Å². The minimum absolute atomic E-state index is 0.0397. The van der Waals surface area contributed by atoms with Crippen molar-refractivity contribution in [3.8, 4) is 0 Å². The smallest absolute Gasteiger partial charge is 0.226 e. The molecule has 2 atom stereocenters. The van der Waals surface area contributed by atoms with Crippen LogP contribution in [0.1, 0.15) is 33.8 Å². The van der Waals surface area contributed by atoms with Crippen molar-refractivity contribution in [2.75, 3.05) is 47.3 Å². The molecule has 9 heteroatoms. The Morgan fingerprint density at radius 1 is 1.14 bits per heavy atom. The number of piperazine rings is 1. The van der Waals surface area contributed by atoms with Crippen molar-refractivity contribution in [2.45, 2.75) is 12.3 Å². The molecule has 2 unspecified atom stereocenters. The van der Waals surface area contributed by atoms with Gasteiger partial charge in [-0.2, -0.15) is 0 Å². The lowest BCUT2D eigenvalue weighted by molar-refractivity contribution is -0.134. The summed E-state index contributed by atoms with van der Waals surface area (Å²) in [5.74, 6) is -2.37. The van der Waals surface area contributed by atoms with Crippen LogP contribution in [-0.2, 0) is 4.79 Å². The summed E-state index contributed by atoms with van der Waals surface area (Å²) in [5, 5.41) is 0.594. The SMILES string of the molecule is CN(C)C=C(C(=O)c1c[nH]c2ncc(C3CC3C(=O)N3CCN(C)CC3)cc12)c1cccc(F)c1F. The Labute approximate surface area is 208 Å². The molecule has 0 radical (unpaired) electrons. The van der Waals surface area contributed by atoms with E-state index in [2.05, 4.69) is 21.9 Å². The van der Waals surface area contributed by atoms with Gasteiger partial charge < -0.3 is 19.7 Å². The lowest BCUT2D eigenvalue weighted by atomic mass is 9.96. The van der Waals surface area contributed by atoms with E-state index >= 15 is 0 Å². The van der Waals surface area contributed by atoms with Gasteiger partial charge in [0.15, 0.2) is 17.4 Å². The summed E-state index contributed by atoms with van der Waals surface area (Å²) >= 11 is 0. The lowest BCUT2D eigenvalue weighted by Crippen LogP contribution is -2.47. The highest BCUT2D eigenvalue weighted by Gasteiger charge is 2.46. The van der Waals surface area contributed by atoms with Gasteiger partial charge in [0.25, 0.3) is 0 Å². The molecule has 2 aromatic heterocycles. The van der Waals surface area contributed by atoms with Gasteiger partial charge in [-0.15, -0.1) is 0 Å². The number of ketones is 1. The third-order valence-electron chi connectivity index (χ3n) is 7.02. The Hall–Kier alpha value is -3.59. The number of likely N-dealkylation sites (N-methyl/N-ethyl adjacent to an activating group) is 1. The predicted molar refractivity (Wildman–Crippen MR) is 133 cm³/mol. The summed E-state index contributed by atoms with van der Waals surface area (Å²) in [6, 6.07) is 5.68. The summed E-state index contributed by atoms with van der Waals surface area (Å²) in [6.45, 7) is 3.23. The molecule has 3 heterocycles. The van der Waals surface area contributed by atoms with Crippen LogP contribution in [0.2, 0.25) is 0 Å². The highest BCUT2D eigenvalue weighted by Crippen LogP contribution is 2.49. The van der Waals surface area contributed by atoms with Crippen molar-refractivity contribution < 1.29 is 18.4 Å². The Bertz CT molecular complexity index is 1360. The number of fused-ring (bicyclic) bond motifs is 1. The number of pyridine rings is 1. The van der Waals surface area contributed by atoms with Crippen LogP contribution in [0, 0.1) is 17.6 Å². The van der Waals surface area contributed by atoms with Crippen LogP contribution in [0.25, 0.3) is 16.6 Å². The molecular weight excluding hydrogens is 464 g/mol. The molecule has 3 aromatic rings. The average Bonchev–Trinajstić information content (AvgIpc) is 3.55. The van der Waals surface area contributed by atoms with E-state index in [0.717, 1.165) is 44.2 Å². The Morgan fingerprint density at radius 2 is 1.89 bits per heavy atom. The number of hydrogen-bond donors (Lipinski definition) is 1. The Balaban J connectivity index is 1.43. The minimum Gasteiger partial charge on any atom is -0.383 e. The number of carbonyl (C=O) groups excluding carboxylic acids is 2. The zero-order valence-corrected chi connectivity index (χ0v) is 20.6. The largest absolute Gasteiger partial charge is 0.383 e. The minimum atomic E-state index is -1.07. The van der Waals surface area contributed by atoms with Crippen molar-refractivity contribution in [2.24, 2.45) is 5.92 Å². The molecular formula is C27H29F2N5O2. The first kappa shape index (κ1) is 24.1. The molecule has 1 aliphatic heterocycles. The first-order valence-corrected chi connectivity index (χ1v) is 12.1.